The second-order valence-electron chi connectivity index (χ2n) is 6.23. The number of benzene rings is 2. The summed E-state index contributed by atoms with van der Waals surface area (Å²) in [5.41, 5.74) is 0.331. The summed E-state index contributed by atoms with van der Waals surface area (Å²) < 4.78 is 0. The first-order valence-electron chi connectivity index (χ1n) is 8.56. The molecule has 1 N–H and O–H groups in total. The summed E-state index contributed by atoms with van der Waals surface area (Å²) in [4.78, 5) is 27.3. The summed E-state index contributed by atoms with van der Waals surface area (Å²) >= 11 is 1.45. The number of non-ortho nitro benzene ring substituents is 1. The van der Waals surface area contributed by atoms with Gasteiger partial charge in [0.15, 0.2) is 0 Å². The van der Waals surface area contributed by atoms with E-state index in [4.69, 9.17) is 0 Å². The molecule has 2 aromatic carbocycles. The summed E-state index contributed by atoms with van der Waals surface area (Å²) in [5.74, 6) is -0.146. The smallest absolute Gasteiger partial charge is 0.270 e. The van der Waals surface area contributed by atoms with Crippen molar-refractivity contribution in [1.29, 1.82) is 0 Å². The van der Waals surface area contributed by atoms with Gasteiger partial charge in [0, 0.05) is 41.1 Å². The van der Waals surface area contributed by atoms with Crippen molar-refractivity contribution in [1.82, 2.24) is 10.2 Å². The number of nitrogens with one attached hydrogen (secondary N) is 1. The van der Waals surface area contributed by atoms with E-state index in [-0.39, 0.29) is 30.0 Å². The van der Waals surface area contributed by atoms with E-state index in [9.17, 15) is 14.9 Å². The van der Waals surface area contributed by atoms with E-state index in [0.717, 1.165) is 22.6 Å². The first-order valence-corrected chi connectivity index (χ1v) is 9.38. The lowest BCUT2D eigenvalue weighted by Gasteiger charge is -2.33. The molecule has 0 saturated carbocycles. The molecule has 0 radical (unpaired) electrons. The highest BCUT2D eigenvalue weighted by molar-refractivity contribution is 7.99. The van der Waals surface area contributed by atoms with E-state index in [1.165, 1.54) is 23.9 Å². The molecule has 1 aliphatic rings. The van der Waals surface area contributed by atoms with Crippen LogP contribution in [0.3, 0.4) is 0 Å². The summed E-state index contributed by atoms with van der Waals surface area (Å²) in [6, 6.07) is 14.5. The number of nitro benzene ring substituents is 1. The Labute approximate surface area is 168 Å². The fourth-order valence-corrected chi connectivity index (χ4v) is 4.01. The van der Waals surface area contributed by atoms with Gasteiger partial charge in [0.05, 0.1) is 10.5 Å². The fraction of sp³-hybridized carbons (Fsp3) is 0.316. The summed E-state index contributed by atoms with van der Waals surface area (Å²) in [7, 11) is 1.89. The minimum Gasteiger partial charge on any atom is -0.337 e. The first kappa shape index (κ1) is 21.2. The van der Waals surface area contributed by atoms with Crippen molar-refractivity contribution in [3.8, 4) is 0 Å². The number of likely N-dealkylation sites (N-methyl/N-ethyl adjacent to an activating group) is 1. The zero-order chi connectivity index (χ0) is 18.5. The maximum absolute atomic E-state index is 13.1. The van der Waals surface area contributed by atoms with Crippen LogP contribution < -0.4 is 5.32 Å². The van der Waals surface area contributed by atoms with Crippen LogP contribution in [0.25, 0.3) is 0 Å². The number of hydrogen-bond donors (Lipinski definition) is 1. The lowest BCUT2D eigenvalue weighted by Crippen LogP contribution is -2.47. The SMILES string of the molecule is CNC1CCCN(C(=O)c2cc([N+](=O)[O-])ccc2Sc2ccccc2)C1.Cl. The number of amides is 1. The second-order valence-corrected chi connectivity index (χ2v) is 7.35. The molecule has 6 nitrogen and oxygen atoms in total. The Bertz CT molecular complexity index is 804. The van der Waals surface area contributed by atoms with Crippen molar-refractivity contribution in [2.75, 3.05) is 20.1 Å². The minimum absolute atomic E-state index is 0. The normalized spacial score (nSPS) is 16.5. The van der Waals surface area contributed by atoms with Gasteiger partial charge in [-0.3, -0.25) is 14.9 Å². The number of nitrogens with zero attached hydrogens (tertiary/aromatic N) is 2. The van der Waals surface area contributed by atoms with E-state index in [2.05, 4.69) is 5.32 Å². The van der Waals surface area contributed by atoms with Crippen LogP contribution in [-0.4, -0.2) is 41.9 Å². The number of piperidine rings is 1. The maximum atomic E-state index is 13.1. The van der Waals surface area contributed by atoms with Crippen molar-refractivity contribution >= 4 is 35.8 Å². The highest BCUT2D eigenvalue weighted by Crippen LogP contribution is 2.33. The zero-order valence-corrected chi connectivity index (χ0v) is 16.6. The third-order valence-corrected chi connectivity index (χ3v) is 5.58. The summed E-state index contributed by atoms with van der Waals surface area (Å²) in [6.45, 7) is 1.29. The van der Waals surface area contributed by atoms with Gasteiger partial charge in [-0.2, -0.15) is 0 Å². The maximum Gasteiger partial charge on any atom is 0.270 e. The lowest BCUT2D eigenvalue weighted by molar-refractivity contribution is -0.384. The Morgan fingerprint density at radius 1 is 1.26 bits per heavy atom. The molecule has 8 heteroatoms. The van der Waals surface area contributed by atoms with E-state index in [0.29, 0.717) is 18.7 Å². The van der Waals surface area contributed by atoms with Crippen LogP contribution in [0.5, 0.6) is 0 Å². The molecule has 2 aromatic rings. The van der Waals surface area contributed by atoms with Gasteiger partial charge in [0.1, 0.15) is 0 Å². The highest BCUT2D eigenvalue weighted by atomic mass is 35.5. The monoisotopic (exact) mass is 407 g/mol. The largest absolute Gasteiger partial charge is 0.337 e. The molecule has 0 aliphatic carbocycles. The standard InChI is InChI=1S/C19H21N3O3S.ClH/c1-20-14-6-5-11-21(13-14)19(23)17-12-15(22(24)25)9-10-18(17)26-16-7-3-2-4-8-16;/h2-4,7-10,12,14,20H,5-6,11,13H2,1H3;1H. The van der Waals surface area contributed by atoms with Gasteiger partial charge < -0.3 is 10.2 Å². The molecule has 3 rings (SSSR count). The molecule has 1 aliphatic heterocycles. The van der Waals surface area contributed by atoms with Gasteiger partial charge in [-0.1, -0.05) is 30.0 Å². The number of likely N-dealkylation sites (tertiary alicyclic amines) is 1. The predicted molar refractivity (Wildman–Crippen MR) is 109 cm³/mol. The third kappa shape index (κ3) is 5.22. The molecule has 144 valence electrons. The molecule has 1 saturated heterocycles. The lowest BCUT2D eigenvalue weighted by atomic mass is 10.0. The van der Waals surface area contributed by atoms with Crippen LogP contribution in [-0.2, 0) is 0 Å². The molecule has 0 bridgehead atoms. The third-order valence-electron chi connectivity index (χ3n) is 4.49. The van der Waals surface area contributed by atoms with Crippen LogP contribution in [0.4, 0.5) is 5.69 Å². The van der Waals surface area contributed by atoms with Crippen LogP contribution in [0.15, 0.2) is 58.3 Å². The van der Waals surface area contributed by atoms with E-state index < -0.39 is 4.92 Å². The van der Waals surface area contributed by atoms with Gasteiger partial charge in [-0.05, 0) is 38.1 Å². The van der Waals surface area contributed by atoms with Crippen molar-refractivity contribution in [2.24, 2.45) is 0 Å². The first-order chi connectivity index (χ1) is 12.6. The molecular weight excluding hydrogens is 386 g/mol. The zero-order valence-electron chi connectivity index (χ0n) is 15.0. The Morgan fingerprint density at radius 3 is 2.67 bits per heavy atom. The van der Waals surface area contributed by atoms with Gasteiger partial charge in [-0.15, -0.1) is 12.4 Å². The summed E-state index contributed by atoms with van der Waals surface area (Å²) in [6.07, 6.45) is 1.95. The molecule has 1 amide bonds. The Balaban J connectivity index is 0.00000261. The fourth-order valence-electron chi connectivity index (χ4n) is 3.07. The average molecular weight is 408 g/mol. The van der Waals surface area contributed by atoms with Gasteiger partial charge in [0.2, 0.25) is 0 Å². The average Bonchev–Trinajstić information content (AvgIpc) is 2.68. The number of hydrogen-bond acceptors (Lipinski definition) is 5. The number of nitro groups is 1. The minimum atomic E-state index is -0.458. The van der Waals surface area contributed by atoms with Crippen molar-refractivity contribution < 1.29 is 9.72 Å². The molecule has 27 heavy (non-hydrogen) atoms. The number of carbonyl (C=O) groups is 1. The van der Waals surface area contributed by atoms with Crippen LogP contribution >= 0.6 is 24.2 Å². The molecule has 1 heterocycles. The Hall–Kier alpha value is -2.09. The van der Waals surface area contributed by atoms with Crippen molar-refractivity contribution in [3.05, 3.63) is 64.2 Å². The second kappa shape index (κ2) is 9.73. The van der Waals surface area contributed by atoms with Crippen LogP contribution in [0, 0.1) is 10.1 Å². The Kier molecular flexibility index (Phi) is 7.65. The van der Waals surface area contributed by atoms with Gasteiger partial charge >= 0.3 is 0 Å². The molecule has 1 atom stereocenters. The highest BCUT2D eigenvalue weighted by Gasteiger charge is 2.26. The topological polar surface area (TPSA) is 75.5 Å². The Morgan fingerprint density at radius 2 is 2.00 bits per heavy atom. The van der Waals surface area contributed by atoms with Crippen LogP contribution in [0.1, 0.15) is 23.2 Å². The van der Waals surface area contributed by atoms with Gasteiger partial charge in [-0.25, -0.2) is 0 Å². The number of rotatable bonds is 5. The molecule has 0 aromatic heterocycles. The molecule has 1 fully saturated rings. The molecule has 1 unspecified atom stereocenters. The number of halogens is 1. The summed E-state index contributed by atoms with van der Waals surface area (Å²) in [5, 5.41) is 14.4. The molecular formula is C19H22ClN3O3S. The van der Waals surface area contributed by atoms with E-state index in [1.807, 2.05) is 37.4 Å². The van der Waals surface area contributed by atoms with Crippen molar-refractivity contribution in [2.45, 2.75) is 28.7 Å². The number of carbonyl (C=O) groups excluding carboxylic acids is 1. The van der Waals surface area contributed by atoms with Crippen molar-refractivity contribution in [3.63, 3.8) is 0 Å². The molecule has 0 spiro atoms. The van der Waals surface area contributed by atoms with E-state index in [1.54, 1.807) is 11.0 Å². The predicted octanol–water partition coefficient (Wildman–Crippen LogP) is 3.99. The van der Waals surface area contributed by atoms with Crippen LogP contribution in [0.2, 0.25) is 0 Å². The quantitative estimate of drug-likeness (QED) is 0.599. The van der Waals surface area contributed by atoms with E-state index >= 15 is 0 Å². The van der Waals surface area contributed by atoms with Gasteiger partial charge in [0.25, 0.3) is 11.6 Å².